The normalized spacial score (nSPS) is 11.5. The molecule has 0 spiro atoms. The van der Waals surface area contributed by atoms with E-state index in [2.05, 4.69) is 0 Å². The van der Waals surface area contributed by atoms with E-state index >= 15 is 0 Å². The summed E-state index contributed by atoms with van der Waals surface area (Å²) in [5.41, 5.74) is 1.36. The Balaban J connectivity index is 1.88. The van der Waals surface area contributed by atoms with E-state index in [0.29, 0.717) is 5.75 Å². The highest BCUT2D eigenvalue weighted by atomic mass is 19.1. The van der Waals surface area contributed by atoms with Crippen molar-refractivity contribution < 1.29 is 28.6 Å². The third-order valence-corrected chi connectivity index (χ3v) is 5.14. The van der Waals surface area contributed by atoms with Gasteiger partial charge in [0.15, 0.2) is 18.2 Å². The third-order valence-electron chi connectivity index (χ3n) is 5.14. The molecule has 3 aromatic rings. The number of ether oxygens (including phenoxy) is 2. The van der Waals surface area contributed by atoms with Gasteiger partial charge in [0.05, 0.1) is 19.7 Å². The first-order valence-corrected chi connectivity index (χ1v) is 10.0. The van der Waals surface area contributed by atoms with E-state index in [4.69, 9.17) is 9.47 Å². The number of carboxylic acids is 1. The lowest BCUT2D eigenvalue weighted by Crippen LogP contribution is -2.37. The Bertz CT molecular complexity index is 1090. The lowest BCUT2D eigenvalue weighted by molar-refractivity contribution is -0.136. The molecule has 32 heavy (non-hydrogen) atoms. The molecule has 7 heteroatoms. The first kappa shape index (κ1) is 22.8. The van der Waals surface area contributed by atoms with Crippen LogP contribution in [0.25, 0.3) is 0 Å². The fraction of sp³-hybridized carbons (Fsp3) is 0.200. The standard InChI is InChI=1S/C25H24FNO5/c1-17(18-9-4-3-5-10-18)27(15-19-11-6-7-14-22(19)31-2)23(28)16-32-24-20(25(29)30)12-8-13-21(24)26/h3-14,17H,15-16H2,1-2H3,(H,29,30)/t17-/m0/s1. The summed E-state index contributed by atoms with van der Waals surface area (Å²) in [4.78, 5) is 26.2. The molecule has 1 atom stereocenters. The van der Waals surface area contributed by atoms with Crippen molar-refractivity contribution in [3.63, 3.8) is 0 Å². The van der Waals surface area contributed by atoms with Gasteiger partial charge in [0.1, 0.15) is 11.3 Å². The number of hydrogen-bond acceptors (Lipinski definition) is 4. The molecule has 0 unspecified atom stereocenters. The van der Waals surface area contributed by atoms with Gasteiger partial charge < -0.3 is 19.5 Å². The fourth-order valence-electron chi connectivity index (χ4n) is 3.41. The molecule has 0 fully saturated rings. The van der Waals surface area contributed by atoms with Gasteiger partial charge in [-0.1, -0.05) is 54.6 Å². The van der Waals surface area contributed by atoms with Crippen LogP contribution in [0.5, 0.6) is 11.5 Å². The topological polar surface area (TPSA) is 76.1 Å². The van der Waals surface area contributed by atoms with Crippen molar-refractivity contribution in [1.29, 1.82) is 0 Å². The second-order valence-corrected chi connectivity index (χ2v) is 7.13. The van der Waals surface area contributed by atoms with E-state index < -0.39 is 30.1 Å². The van der Waals surface area contributed by atoms with E-state index in [1.807, 2.05) is 55.5 Å². The molecule has 0 bridgehead atoms. The molecule has 1 amide bonds. The minimum atomic E-state index is -1.34. The maximum absolute atomic E-state index is 14.2. The van der Waals surface area contributed by atoms with Crippen molar-refractivity contribution in [2.45, 2.75) is 19.5 Å². The summed E-state index contributed by atoms with van der Waals surface area (Å²) in [5.74, 6) is -2.43. The zero-order chi connectivity index (χ0) is 23.1. The zero-order valence-electron chi connectivity index (χ0n) is 17.8. The molecule has 0 saturated heterocycles. The molecule has 3 rings (SSSR count). The van der Waals surface area contributed by atoms with Gasteiger partial charge in [0, 0.05) is 5.56 Å². The Labute approximate surface area is 185 Å². The summed E-state index contributed by atoms with van der Waals surface area (Å²) >= 11 is 0. The van der Waals surface area contributed by atoms with Crippen molar-refractivity contribution in [3.8, 4) is 11.5 Å². The van der Waals surface area contributed by atoms with Gasteiger partial charge in [0.25, 0.3) is 5.91 Å². The third kappa shape index (κ3) is 5.24. The number of carbonyl (C=O) groups excluding carboxylic acids is 1. The van der Waals surface area contributed by atoms with E-state index in [0.717, 1.165) is 17.2 Å². The molecule has 0 aliphatic heterocycles. The Morgan fingerprint density at radius 2 is 1.69 bits per heavy atom. The number of rotatable bonds is 9. The van der Waals surface area contributed by atoms with Crippen molar-refractivity contribution in [1.82, 2.24) is 4.90 Å². The quantitative estimate of drug-likeness (QED) is 0.525. The van der Waals surface area contributed by atoms with Crippen LogP contribution in [0.2, 0.25) is 0 Å². The lowest BCUT2D eigenvalue weighted by atomic mass is 10.1. The number of methoxy groups -OCH3 is 1. The van der Waals surface area contributed by atoms with Crippen molar-refractivity contribution in [3.05, 3.63) is 95.3 Å². The molecule has 0 aliphatic carbocycles. The molecule has 0 saturated carbocycles. The molecular formula is C25H24FNO5. The first-order valence-electron chi connectivity index (χ1n) is 10.0. The van der Waals surface area contributed by atoms with Crippen molar-refractivity contribution >= 4 is 11.9 Å². The van der Waals surface area contributed by atoms with Gasteiger partial charge in [-0.05, 0) is 30.7 Å². The molecule has 6 nitrogen and oxygen atoms in total. The van der Waals surface area contributed by atoms with Crippen molar-refractivity contribution in [2.24, 2.45) is 0 Å². The molecular weight excluding hydrogens is 413 g/mol. The smallest absolute Gasteiger partial charge is 0.339 e. The number of halogens is 1. The predicted octanol–water partition coefficient (Wildman–Crippen LogP) is 4.70. The average Bonchev–Trinajstić information content (AvgIpc) is 2.81. The zero-order valence-corrected chi connectivity index (χ0v) is 17.8. The molecule has 0 heterocycles. The van der Waals surface area contributed by atoms with Crippen LogP contribution in [-0.4, -0.2) is 35.6 Å². The number of carboxylic acid groups (broad SMARTS) is 1. The summed E-state index contributed by atoms with van der Waals surface area (Å²) in [5, 5.41) is 9.30. The van der Waals surface area contributed by atoms with Gasteiger partial charge in [-0.15, -0.1) is 0 Å². The van der Waals surface area contributed by atoms with E-state index in [9.17, 15) is 19.1 Å². The van der Waals surface area contributed by atoms with E-state index in [1.165, 1.54) is 12.1 Å². The number of amides is 1. The van der Waals surface area contributed by atoms with Gasteiger partial charge in [-0.2, -0.15) is 0 Å². The molecule has 0 aromatic heterocycles. The Morgan fingerprint density at radius 1 is 1.00 bits per heavy atom. The van der Waals surface area contributed by atoms with E-state index in [1.54, 1.807) is 18.1 Å². The van der Waals surface area contributed by atoms with E-state index in [-0.39, 0.29) is 18.2 Å². The van der Waals surface area contributed by atoms with Crippen LogP contribution in [0, 0.1) is 5.82 Å². The number of nitrogens with zero attached hydrogens (tertiary/aromatic N) is 1. The monoisotopic (exact) mass is 437 g/mol. The Hall–Kier alpha value is -3.87. The van der Waals surface area contributed by atoms with Gasteiger partial charge >= 0.3 is 5.97 Å². The number of benzene rings is 3. The van der Waals surface area contributed by atoms with Crippen LogP contribution in [0.3, 0.4) is 0 Å². The Morgan fingerprint density at radius 3 is 2.38 bits per heavy atom. The highest BCUT2D eigenvalue weighted by Crippen LogP contribution is 2.27. The summed E-state index contributed by atoms with van der Waals surface area (Å²) in [6.45, 7) is 1.59. The van der Waals surface area contributed by atoms with Crippen molar-refractivity contribution in [2.75, 3.05) is 13.7 Å². The van der Waals surface area contributed by atoms with Gasteiger partial charge in [-0.25, -0.2) is 9.18 Å². The molecule has 3 aromatic carbocycles. The average molecular weight is 437 g/mol. The number of aromatic carboxylic acids is 1. The first-order chi connectivity index (χ1) is 15.4. The second kappa shape index (κ2) is 10.4. The molecule has 0 aliphatic rings. The highest BCUT2D eigenvalue weighted by molar-refractivity contribution is 5.91. The highest BCUT2D eigenvalue weighted by Gasteiger charge is 2.25. The number of para-hydroxylation sites is 2. The number of hydrogen-bond donors (Lipinski definition) is 1. The van der Waals surface area contributed by atoms with Crippen LogP contribution in [-0.2, 0) is 11.3 Å². The maximum atomic E-state index is 14.2. The van der Waals surface area contributed by atoms with Crippen LogP contribution in [0.4, 0.5) is 4.39 Å². The molecule has 0 radical (unpaired) electrons. The van der Waals surface area contributed by atoms with Gasteiger partial charge in [0.2, 0.25) is 0 Å². The van der Waals surface area contributed by atoms with Crippen LogP contribution in [0.15, 0.2) is 72.8 Å². The SMILES string of the molecule is COc1ccccc1CN(C(=O)COc1c(F)cccc1C(=O)O)[C@@H](C)c1ccccc1. The fourth-order valence-corrected chi connectivity index (χ4v) is 3.41. The summed E-state index contributed by atoms with van der Waals surface area (Å²) in [7, 11) is 1.56. The maximum Gasteiger partial charge on any atom is 0.339 e. The summed E-state index contributed by atoms with van der Waals surface area (Å²) in [6.07, 6.45) is 0. The minimum Gasteiger partial charge on any atom is -0.496 e. The summed E-state index contributed by atoms with van der Waals surface area (Å²) in [6, 6.07) is 20.1. The van der Waals surface area contributed by atoms with Crippen LogP contribution in [0.1, 0.15) is 34.5 Å². The summed E-state index contributed by atoms with van der Waals surface area (Å²) < 4.78 is 25.0. The largest absolute Gasteiger partial charge is 0.496 e. The lowest BCUT2D eigenvalue weighted by Gasteiger charge is -2.30. The minimum absolute atomic E-state index is 0.228. The number of carbonyl (C=O) groups is 2. The van der Waals surface area contributed by atoms with Gasteiger partial charge in [-0.3, -0.25) is 4.79 Å². The predicted molar refractivity (Wildman–Crippen MR) is 117 cm³/mol. The Kier molecular flexibility index (Phi) is 7.44. The van der Waals surface area contributed by atoms with Crippen LogP contribution < -0.4 is 9.47 Å². The molecule has 166 valence electrons. The second-order valence-electron chi connectivity index (χ2n) is 7.13. The molecule has 1 N–H and O–H groups in total. The van der Waals surface area contributed by atoms with Crippen LogP contribution >= 0.6 is 0 Å².